The van der Waals surface area contributed by atoms with Crippen LogP contribution in [0.3, 0.4) is 0 Å². The lowest BCUT2D eigenvalue weighted by Gasteiger charge is -2.03. The Bertz CT molecular complexity index is 434. The van der Waals surface area contributed by atoms with Gasteiger partial charge in [-0.15, -0.1) is 0 Å². The van der Waals surface area contributed by atoms with Gasteiger partial charge in [-0.2, -0.15) is 5.10 Å². The lowest BCUT2D eigenvalue weighted by molar-refractivity contribution is 0.687. The van der Waals surface area contributed by atoms with Crippen molar-refractivity contribution in [2.24, 2.45) is 0 Å². The molecule has 3 heteroatoms. The summed E-state index contributed by atoms with van der Waals surface area (Å²) in [7, 11) is 0. The minimum Gasteiger partial charge on any atom is -0.250 e. The average Bonchev–Trinajstić information content (AvgIpc) is 2.52. The van der Waals surface area contributed by atoms with Gasteiger partial charge in [0.05, 0.1) is 12.7 Å². The molecule has 0 aliphatic heterocycles. The maximum atomic E-state index is 5.93. The molecule has 1 aromatic carbocycles. The highest BCUT2D eigenvalue weighted by Gasteiger charge is 1.99. The van der Waals surface area contributed by atoms with Gasteiger partial charge in [-0.3, -0.25) is 0 Å². The fourth-order valence-electron chi connectivity index (χ4n) is 1.42. The summed E-state index contributed by atoms with van der Waals surface area (Å²) in [5.74, 6) is 0. The fourth-order valence-corrected chi connectivity index (χ4v) is 1.58. The van der Waals surface area contributed by atoms with E-state index in [0.717, 1.165) is 6.54 Å². The molecule has 0 saturated heterocycles. The van der Waals surface area contributed by atoms with Crippen LogP contribution in [0.25, 0.3) is 0 Å². The van der Waals surface area contributed by atoms with Crippen molar-refractivity contribution in [3.8, 4) is 0 Å². The van der Waals surface area contributed by atoms with E-state index in [0.29, 0.717) is 5.15 Å². The van der Waals surface area contributed by atoms with Crippen molar-refractivity contribution in [2.45, 2.75) is 13.5 Å². The first-order valence-electron chi connectivity index (χ1n) is 4.48. The molecular formula is C11H11ClN2. The number of benzene rings is 1. The minimum atomic E-state index is 0.673. The molecule has 0 unspecified atom stereocenters. The Morgan fingerprint density at radius 1 is 1.36 bits per heavy atom. The van der Waals surface area contributed by atoms with Crippen LogP contribution in [-0.2, 0) is 6.54 Å². The number of hydrogen-bond acceptors (Lipinski definition) is 1. The fraction of sp³-hybridized carbons (Fsp3) is 0.182. The first-order chi connectivity index (χ1) is 6.75. The van der Waals surface area contributed by atoms with Crippen LogP contribution in [0.15, 0.2) is 36.5 Å². The lowest BCUT2D eigenvalue weighted by atomic mass is 10.1. The van der Waals surface area contributed by atoms with Crippen LogP contribution in [0.4, 0.5) is 0 Å². The molecule has 1 heterocycles. The van der Waals surface area contributed by atoms with Gasteiger partial charge in [0.2, 0.25) is 0 Å². The smallest absolute Gasteiger partial charge is 0.127 e. The highest BCUT2D eigenvalue weighted by atomic mass is 35.5. The second-order valence-electron chi connectivity index (χ2n) is 3.30. The molecule has 2 rings (SSSR count). The minimum absolute atomic E-state index is 0.673. The molecule has 0 bridgehead atoms. The first-order valence-corrected chi connectivity index (χ1v) is 4.86. The van der Waals surface area contributed by atoms with Gasteiger partial charge in [0.15, 0.2) is 0 Å². The zero-order chi connectivity index (χ0) is 9.97. The number of halogens is 1. The molecule has 2 aromatic rings. The number of aryl methyl sites for hydroxylation is 1. The predicted molar refractivity (Wildman–Crippen MR) is 57.5 cm³/mol. The summed E-state index contributed by atoms with van der Waals surface area (Å²) in [6.07, 6.45) is 1.71. The van der Waals surface area contributed by atoms with Crippen molar-refractivity contribution in [1.82, 2.24) is 9.78 Å². The maximum Gasteiger partial charge on any atom is 0.127 e. The second-order valence-corrected chi connectivity index (χ2v) is 3.69. The van der Waals surface area contributed by atoms with Gasteiger partial charge in [-0.05, 0) is 18.6 Å². The van der Waals surface area contributed by atoms with Gasteiger partial charge < -0.3 is 0 Å². The molecule has 14 heavy (non-hydrogen) atoms. The predicted octanol–water partition coefficient (Wildman–Crippen LogP) is 2.89. The summed E-state index contributed by atoms with van der Waals surface area (Å²) >= 11 is 5.93. The third-order valence-corrected chi connectivity index (χ3v) is 2.40. The molecule has 0 N–H and O–H groups in total. The van der Waals surface area contributed by atoms with Crippen LogP contribution in [0, 0.1) is 6.92 Å². The van der Waals surface area contributed by atoms with Crippen molar-refractivity contribution < 1.29 is 0 Å². The third kappa shape index (κ3) is 1.96. The zero-order valence-corrected chi connectivity index (χ0v) is 8.70. The molecular weight excluding hydrogens is 196 g/mol. The number of rotatable bonds is 2. The van der Waals surface area contributed by atoms with E-state index in [4.69, 9.17) is 11.6 Å². The lowest BCUT2D eigenvalue weighted by Crippen LogP contribution is -2.01. The van der Waals surface area contributed by atoms with E-state index in [1.165, 1.54) is 11.1 Å². The van der Waals surface area contributed by atoms with Gasteiger partial charge in [0.1, 0.15) is 5.15 Å². The SMILES string of the molecule is Cc1cccc(Cn2nccc2Cl)c1. The Balaban J connectivity index is 2.23. The normalized spacial score (nSPS) is 10.4. The molecule has 0 spiro atoms. The molecule has 0 aliphatic carbocycles. The first kappa shape index (κ1) is 9.28. The van der Waals surface area contributed by atoms with Crippen molar-refractivity contribution in [3.05, 3.63) is 52.8 Å². The molecule has 2 nitrogen and oxygen atoms in total. The van der Waals surface area contributed by atoms with Crippen LogP contribution in [0.2, 0.25) is 5.15 Å². The van der Waals surface area contributed by atoms with Gasteiger partial charge in [0, 0.05) is 0 Å². The molecule has 0 amide bonds. The number of aromatic nitrogens is 2. The summed E-state index contributed by atoms with van der Waals surface area (Å²) in [5.41, 5.74) is 2.47. The maximum absolute atomic E-state index is 5.93. The zero-order valence-electron chi connectivity index (χ0n) is 7.94. The van der Waals surface area contributed by atoms with Gasteiger partial charge in [0.25, 0.3) is 0 Å². The van der Waals surface area contributed by atoms with E-state index in [2.05, 4.69) is 30.2 Å². The van der Waals surface area contributed by atoms with Crippen molar-refractivity contribution in [2.75, 3.05) is 0 Å². The quantitative estimate of drug-likeness (QED) is 0.739. The molecule has 0 saturated carbocycles. The standard InChI is InChI=1S/C11H11ClN2/c1-9-3-2-4-10(7-9)8-14-11(12)5-6-13-14/h2-7H,8H2,1H3. The molecule has 0 fully saturated rings. The van der Waals surface area contributed by atoms with E-state index < -0.39 is 0 Å². The van der Waals surface area contributed by atoms with E-state index in [1.54, 1.807) is 16.9 Å². The van der Waals surface area contributed by atoms with Gasteiger partial charge in [-0.25, -0.2) is 4.68 Å². The number of nitrogens with zero attached hydrogens (tertiary/aromatic N) is 2. The van der Waals surface area contributed by atoms with Gasteiger partial charge >= 0.3 is 0 Å². The Morgan fingerprint density at radius 2 is 2.21 bits per heavy atom. The van der Waals surface area contributed by atoms with E-state index in [1.807, 2.05) is 6.07 Å². The Labute approximate surface area is 88.1 Å². The van der Waals surface area contributed by atoms with Crippen molar-refractivity contribution >= 4 is 11.6 Å². The van der Waals surface area contributed by atoms with Crippen LogP contribution in [0.5, 0.6) is 0 Å². The molecule has 72 valence electrons. The van der Waals surface area contributed by atoms with E-state index in [-0.39, 0.29) is 0 Å². The third-order valence-electron chi connectivity index (χ3n) is 2.08. The number of hydrogen-bond donors (Lipinski definition) is 0. The van der Waals surface area contributed by atoms with Gasteiger partial charge in [-0.1, -0.05) is 41.4 Å². The highest BCUT2D eigenvalue weighted by Crippen LogP contribution is 2.11. The molecule has 0 aliphatic rings. The Hall–Kier alpha value is -1.28. The molecule has 0 radical (unpaired) electrons. The monoisotopic (exact) mass is 206 g/mol. The highest BCUT2D eigenvalue weighted by molar-refractivity contribution is 6.29. The summed E-state index contributed by atoms with van der Waals surface area (Å²) in [4.78, 5) is 0. The Kier molecular flexibility index (Phi) is 2.55. The summed E-state index contributed by atoms with van der Waals surface area (Å²) in [6.45, 7) is 2.81. The Morgan fingerprint density at radius 3 is 2.86 bits per heavy atom. The summed E-state index contributed by atoms with van der Waals surface area (Å²) in [5, 5.41) is 4.80. The second kappa shape index (κ2) is 3.84. The topological polar surface area (TPSA) is 17.8 Å². The van der Waals surface area contributed by atoms with Crippen molar-refractivity contribution in [1.29, 1.82) is 0 Å². The van der Waals surface area contributed by atoms with E-state index in [9.17, 15) is 0 Å². The van der Waals surface area contributed by atoms with Crippen LogP contribution >= 0.6 is 11.6 Å². The summed E-state index contributed by atoms with van der Waals surface area (Å²) < 4.78 is 1.77. The molecule has 0 atom stereocenters. The van der Waals surface area contributed by atoms with E-state index >= 15 is 0 Å². The largest absolute Gasteiger partial charge is 0.250 e. The average molecular weight is 207 g/mol. The van der Waals surface area contributed by atoms with Crippen molar-refractivity contribution in [3.63, 3.8) is 0 Å². The van der Waals surface area contributed by atoms with Crippen LogP contribution in [0.1, 0.15) is 11.1 Å². The van der Waals surface area contributed by atoms with Crippen LogP contribution < -0.4 is 0 Å². The molecule has 1 aromatic heterocycles. The van der Waals surface area contributed by atoms with Crippen LogP contribution in [-0.4, -0.2) is 9.78 Å². The summed E-state index contributed by atoms with van der Waals surface area (Å²) in [6, 6.07) is 10.1.